The first-order valence-electron chi connectivity index (χ1n) is 5.06. The Morgan fingerprint density at radius 3 is 2.17 bits per heavy atom. The highest BCUT2D eigenvalue weighted by Crippen LogP contribution is 1.97. The second-order valence-corrected chi connectivity index (χ2v) is 3.66. The molecule has 2 atom stereocenters. The van der Waals surface area contributed by atoms with E-state index in [1.54, 1.807) is 0 Å². The summed E-state index contributed by atoms with van der Waals surface area (Å²) in [7, 11) is 0. The van der Waals surface area contributed by atoms with Crippen molar-refractivity contribution < 1.29 is 35.1 Å². The summed E-state index contributed by atoms with van der Waals surface area (Å²) in [5, 5.41) is 22.9. The van der Waals surface area contributed by atoms with E-state index >= 15 is 0 Å². The number of carbonyl (C=O) groups excluding carboxylic acids is 4. The fraction of sp³-hybridized carbons (Fsp3) is 0.556. The van der Waals surface area contributed by atoms with Crippen molar-refractivity contribution in [1.82, 2.24) is 5.32 Å². The first kappa shape index (κ1) is 15.8. The van der Waals surface area contributed by atoms with E-state index in [1.165, 1.54) is 0 Å². The normalized spacial score (nSPS) is 13.4. The van der Waals surface area contributed by atoms with Gasteiger partial charge in [0.25, 0.3) is 5.91 Å². The van der Waals surface area contributed by atoms with Gasteiger partial charge in [0.05, 0.1) is 12.0 Å². The maximum absolute atomic E-state index is 11.4. The van der Waals surface area contributed by atoms with Crippen LogP contribution in [0.2, 0.25) is 0 Å². The molecule has 0 aromatic heterocycles. The van der Waals surface area contributed by atoms with Crippen molar-refractivity contribution in [3.05, 3.63) is 0 Å². The van der Waals surface area contributed by atoms with Crippen LogP contribution in [0.15, 0.2) is 0 Å². The smallest absolute Gasteiger partial charge is 0.279 e. The van der Waals surface area contributed by atoms with E-state index < -0.39 is 42.3 Å². The fourth-order valence-corrected chi connectivity index (χ4v) is 1.12. The van der Waals surface area contributed by atoms with Gasteiger partial charge in [0, 0.05) is 18.8 Å². The standard InChI is InChI=1S/C9H15N3O6/c10-4(3-7(14)15)8(16)12-5(9(17)18)1-2-6(11)13/h4-5H,1-3,10H2,(H2,11,13)(H,12,16)(H,14,15)(H,17,18)/p-1/t4-,5-/m0/s1. The minimum absolute atomic E-state index is 0.235. The van der Waals surface area contributed by atoms with E-state index in [9.17, 15) is 29.4 Å². The van der Waals surface area contributed by atoms with Gasteiger partial charge in [0.15, 0.2) is 6.04 Å². The number of amides is 2. The lowest BCUT2D eigenvalue weighted by Gasteiger charge is -2.20. The zero-order valence-corrected chi connectivity index (χ0v) is 9.51. The Bertz CT molecular complexity index is 356. The lowest BCUT2D eigenvalue weighted by Crippen LogP contribution is -2.70. The topological polar surface area (TPSA) is 180 Å². The molecular formula is C9H14N3O6-. The molecule has 102 valence electrons. The van der Waals surface area contributed by atoms with Crippen LogP contribution in [0.3, 0.4) is 0 Å². The van der Waals surface area contributed by atoms with Gasteiger partial charge in [-0.2, -0.15) is 0 Å². The highest BCUT2D eigenvalue weighted by atomic mass is 16.4. The largest absolute Gasteiger partial charge is 0.550 e. The van der Waals surface area contributed by atoms with E-state index in [0.29, 0.717) is 0 Å². The molecule has 6 N–H and O–H groups in total. The minimum Gasteiger partial charge on any atom is -0.550 e. The number of carbonyl (C=O) groups is 4. The third kappa shape index (κ3) is 6.43. The summed E-state index contributed by atoms with van der Waals surface area (Å²) in [6.07, 6.45) is -1.12. The average molecular weight is 260 g/mol. The number of hydrogen-bond acceptors (Lipinski definition) is 6. The monoisotopic (exact) mass is 260 g/mol. The summed E-state index contributed by atoms with van der Waals surface area (Å²) in [6.45, 7) is 0. The van der Waals surface area contributed by atoms with Crippen molar-refractivity contribution in [2.75, 3.05) is 0 Å². The lowest BCUT2D eigenvalue weighted by molar-refractivity contribution is -0.408. The number of rotatable bonds is 8. The summed E-state index contributed by atoms with van der Waals surface area (Å²) >= 11 is 0. The Kier molecular flexibility index (Phi) is 6.35. The molecule has 0 aliphatic rings. The van der Waals surface area contributed by atoms with Gasteiger partial charge in [-0.3, -0.25) is 9.59 Å². The predicted molar refractivity (Wildman–Crippen MR) is 51.7 cm³/mol. The van der Waals surface area contributed by atoms with Crippen molar-refractivity contribution >= 4 is 23.8 Å². The highest BCUT2D eigenvalue weighted by molar-refractivity contribution is 5.88. The number of aliphatic carboxylic acids is 2. The molecule has 0 aliphatic heterocycles. The van der Waals surface area contributed by atoms with Crippen LogP contribution >= 0.6 is 0 Å². The number of primary amides is 1. The van der Waals surface area contributed by atoms with Crippen LogP contribution in [0.4, 0.5) is 0 Å². The number of hydrogen-bond donors (Lipinski definition) is 3. The van der Waals surface area contributed by atoms with Crippen LogP contribution in [0.1, 0.15) is 19.3 Å². The third-order valence-electron chi connectivity index (χ3n) is 2.06. The number of quaternary nitrogens is 1. The van der Waals surface area contributed by atoms with E-state index in [4.69, 9.17) is 5.73 Å². The van der Waals surface area contributed by atoms with Gasteiger partial charge in [0.1, 0.15) is 0 Å². The number of nitrogens with two attached hydrogens (primary N) is 1. The molecule has 0 rings (SSSR count). The molecule has 0 aromatic carbocycles. The van der Waals surface area contributed by atoms with Crippen LogP contribution < -0.4 is 27.0 Å². The predicted octanol–water partition coefficient (Wildman–Crippen LogP) is -5.76. The Labute approximate surface area is 102 Å². The molecule has 0 bridgehead atoms. The van der Waals surface area contributed by atoms with Crippen molar-refractivity contribution in [3.8, 4) is 0 Å². The molecule has 0 fully saturated rings. The Morgan fingerprint density at radius 1 is 1.22 bits per heavy atom. The van der Waals surface area contributed by atoms with Crippen molar-refractivity contribution in [1.29, 1.82) is 0 Å². The zero-order chi connectivity index (χ0) is 14.3. The first-order valence-corrected chi connectivity index (χ1v) is 5.06. The molecule has 9 heteroatoms. The maximum atomic E-state index is 11.4. The van der Waals surface area contributed by atoms with E-state index in [1.807, 2.05) is 5.32 Å². The van der Waals surface area contributed by atoms with Gasteiger partial charge >= 0.3 is 0 Å². The second kappa shape index (κ2) is 7.22. The van der Waals surface area contributed by atoms with Crippen LogP contribution in [0.5, 0.6) is 0 Å². The Morgan fingerprint density at radius 2 is 1.78 bits per heavy atom. The van der Waals surface area contributed by atoms with E-state index in [2.05, 4.69) is 5.73 Å². The van der Waals surface area contributed by atoms with Gasteiger partial charge in [-0.25, -0.2) is 0 Å². The van der Waals surface area contributed by atoms with Crippen LogP contribution in [0.25, 0.3) is 0 Å². The average Bonchev–Trinajstić information content (AvgIpc) is 2.21. The third-order valence-corrected chi connectivity index (χ3v) is 2.06. The molecule has 9 nitrogen and oxygen atoms in total. The van der Waals surface area contributed by atoms with Gasteiger partial charge in [-0.15, -0.1) is 0 Å². The van der Waals surface area contributed by atoms with Crippen LogP contribution in [-0.4, -0.2) is 35.8 Å². The molecule has 0 aliphatic carbocycles. The molecule has 0 aromatic rings. The van der Waals surface area contributed by atoms with Crippen LogP contribution in [-0.2, 0) is 19.2 Å². The Hall–Kier alpha value is -2.16. The molecule has 0 spiro atoms. The molecular weight excluding hydrogens is 246 g/mol. The molecule has 0 heterocycles. The maximum Gasteiger partial charge on any atom is 0.279 e. The minimum atomic E-state index is -1.59. The van der Waals surface area contributed by atoms with E-state index in [0.717, 1.165) is 0 Å². The summed E-state index contributed by atoms with van der Waals surface area (Å²) in [5.41, 5.74) is 8.08. The quantitative estimate of drug-likeness (QED) is 0.390. The summed E-state index contributed by atoms with van der Waals surface area (Å²) < 4.78 is 0. The SMILES string of the molecule is NC(=O)CC[C@H](NC(=O)[C@@H]([NH3+])CC(=O)[O-])C(=O)[O-]. The van der Waals surface area contributed by atoms with Crippen molar-refractivity contribution in [3.63, 3.8) is 0 Å². The lowest BCUT2D eigenvalue weighted by atomic mass is 10.1. The van der Waals surface area contributed by atoms with Gasteiger partial charge in [-0.05, 0) is 6.42 Å². The fourth-order valence-electron chi connectivity index (χ4n) is 1.12. The number of carboxylic acid groups (broad SMARTS) is 2. The molecule has 0 unspecified atom stereocenters. The van der Waals surface area contributed by atoms with Crippen LogP contribution in [0, 0.1) is 0 Å². The summed E-state index contributed by atoms with van der Waals surface area (Å²) in [4.78, 5) is 42.7. The highest BCUT2D eigenvalue weighted by Gasteiger charge is 2.21. The van der Waals surface area contributed by atoms with Gasteiger partial charge in [-0.1, -0.05) is 0 Å². The van der Waals surface area contributed by atoms with Gasteiger partial charge < -0.3 is 36.6 Å². The molecule has 0 saturated carbocycles. The molecule has 0 saturated heterocycles. The number of carboxylic acids is 2. The number of nitrogens with one attached hydrogen (secondary N) is 1. The zero-order valence-electron chi connectivity index (χ0n) is 9.51. The Balaban J connectivity index is 4.40. The molecule has 2 amide bonds. The molecule has 0 radical (unpaired) electrons. The van der Waals surface area contributed by atoms with E-state index in [-0.39, 0.29) is 12.8 Å². The summed E-state index contributed by atoms with van der Waals surface area (Å²) in [5.74, 6) is -4.67. The van der Waals surface area contributed by atoms with Crippen molar-refractivity contribution in [2.45, 2.75) is 31.3 Å². The first-order chi connectivity index (χ1) is 8.23. The van der Waals surface area contributed by atoms with Crippen molar-refractivity contribution in [2.24, 2.45) is 5.73 Å². The molecule has 18 heavy (non-hydrogen) atoms. The second-order valence-electron chi connectivity index (χ2n) is 3.66. The van der Waals surface area contributed by atoms with Gasteiger partial charge in [0.2, 0.25) is 5.91 Å². The summed E-state index contributed by atoms with van der Waals surface area (Å²) in [6, 6.07) is -2.61.